The molecule has 84 heavy (non-hydrogen) atoms. The molecule has 3 amide bonds. The molecule has 6 aromatic carbocycles. The van der Waals surface area contributed by atoms with Crippen LogP contribution in [-0.2, 0) is 6.42 Å². The molecule has 5 heterocycles. The maximum absolute atomic E-state index is 13.8. The second kappa shape index (κ2) is 27.0. The van der Waals surface area contributed by atoms with Crippen molar-refractivity contribution in [1.29, 1.82) is 0 Å². The van der Waals surface area contributed by atoms with Crippen LogP contribution >= 0.6 is 34.0 Å². The molecule has 0 spiro atoms. The van der Waals surface area contributed by atoms with Crippen LogP contribution in [0.15, 0.2) is 200 Å². The van der Waals surface area contributed by atoms with E-state index in [0.29, 0.717) is 27.5 Å². The molecule has 0 fully saturated rings. The molecule has 9 nitrogen and oxygen atoms in total. The van der Waals surface area contributed by atoms with E-state index in [4.69, 9.17) is 0 Å². The lowest BCUT2D eigenvalue weighted by molar-refractivity contribution is 0.101. The van der Waals surface area contributed by atoms with Crippen molar-refractivity contribution >= 4 is 74.6 Å². The molecule has 11 aromatic rings. The Morgan fingerprint density at radius 2 is 0.833 bits per heavy atom. The summed E-state index contributed by atoms with van der Waals surface area (Å²) in [6.07, 6.45) is 7.59. The predicted molar refractivity (Wildman–Crippen MR) is 321 cm³/mol. The van der Waals surface area contributed by atoms with Crippen LogP contribution in [0.2, 0.25) is 0 Å². The first-order chi connectivity index (χ1) is 40.5. The standard InChI is InChI=1S/C24H16F2N2O2S.C24H18F2N2OS.C18H13F2NOS/c1-14-12-20(22(29)16-4-3-11-27-13-16)31-23(14)15-7-9-17(10-8-15)28-24(30)21-18(25)5-2-6-19(21)26;1-15-12-19(13-16-4-3-11-27-14-16)30-23(15)17-7-9-18(10-8-17)28-24(29)22-20(25)5-2-6-21(22)26;1-11-9-10-23-17(11)12-5-7-13(8-6-12)21-18(22)16-14(19)3-2-4-15(16)20/h2-13H,1H3,(H,28,30);2-12,14H,13H2,1H3,(H,28,29);2-10H,1H3,(H,21,22). The second-order valence-electron chi connectivity index (χ2n) is 18.8. The second-order valence-corrected chi connectivity index (χ2v) is 21.9. The summed E-state index contributed by atoms with van der Waals surface area (Å²) >= 11 is 4.72. The number of rotatable bonds is 13. The van der Waals surface area contributed by atoms with Crippen molar-refractivity contribution in [2.45, 2.75) is 27.2 Å². The number of nitrogens with zero attached hydrogens (tertiary/aromatic N) is 2. The van der Waals surface area contributed by atoms with E-state index >= 15 is 0 Å². The third kappa shape index (κ3) is 14.3. The van der Waals surface area contributed by atoms with Gasteiger partial charge in [0.1, 0.15) is 51.6 Å². The minimum Gasteiger partial charge on any atom is -0.322 e. The van der Waals surface area contributed by atoms with Gasteiger partial charge in [-0.3, -0.25) is 29.1 Å². The van der Waals surface area contributed by atoms with E-state index in [9.17, 15) is 45.5 Å². The molecule has 0 aliphatic carbocycles. The van der Waals surface area contributed by atoms with Gasteiger partial charge in [-0.25, -0.2) is 26.3 Å². The van der Waals surface area contributed by atoms with Gasteiger partial charge in [0, 0.05) is 73.3 Å². The lowest BCUT2D eigenvalue weighted by Gasteiger charge is -2.08. The Hall–Kier alpha value is -9.62. The van der Waals surface area contributed by atoms with E-state index in [1.54, 1.807) is 95.7 Å². The lowest BCUT2D eigenvalue weighted by atomic mass is 10.1. The van der Waals surface area contributed by atoms with Gasteiger partial charge in [0.25, 0.3) is 17.7 Å². The molecule has 0 unspecified atom stereocenters. The van der Waals surface area contributed by atoms with Gasteiger partial charge in [-0.05, 0) is 174 Å². The molecular weight excluding hydrogens is 1140 g/mol. The molecule has 11 rings (SSSR count). The molecule has 0 saturated heterocycles. The fraction of sp³-hybridized carbons (Fsp3) is 0.0606. The molecule has 5 aromatic heterocycles. The number of nitrogens with one attached hydrogen (secondary N) is 3. The zero-order chi connectivity index (χ0) is 59.4. The van der Waals surface area contributed by atoms with Crippen LogP contribution in [0.4, 0.5) is 43.4 Å². The van der Waals surface area contributed by atoms with Gasteiger partial charge in [0.2, 0.25) is 5.78 Å². The predicted octanol–water partition coefficient (Wildman–Crippen LogP) is 17.4. The summed E-state index contributed by atoms with van der Waals surface area (Å²) in [4.78, 5) is 62.4. The van der Waals surface area contributed by atoms with Crippen molar-refractivity contribution in [2.75, 3.05) is 16.0 Å². The van der Waals surface area contributed by atoms with Crippen LogP contribution in [0.1, 0.15) is 73.4 Å². The smallest absolute Gasteiger partial charge is 0.261 e. The number of aryl methyl sites for hydroxylation is 3. The molecule has 0 radical (unpaired) electrons. The number of pyridine rings is 2. The number of amides is 3. The Morgan fingerprint density at radius 3 is 1.23 bits per heavy atom. The van der Waals surface area contributed by atoms with Crippen molar-refractivity contribution in [3.05, 3.63) is 289 Å². The molecule has 0 aliphatic heterocycles. The fourth-order valence-electron chi connectivity index (χ4n) is 8.65. The van der Waals surface area contributed by atoms with Crippen molar-refractivity contribution in [1.82, 2.24) is 9.97 Å². The Morgan fingerprint density at radius 1 is 0.429 bits per heavy atom. The monoisotopic (exact) mass is 1180 g/mol. The van der Waals surface area contributed by atoms with Crippen molar-refractivity contribution in [3.8, 4) is 31.3 Å². The quantitative estimate of drug-likeness (QED) is 0.0779. The number of carbonyl (C=O) groups excluding carboxylic acids is 4. The van der Waals surface area contributed by atoms with Crippen molar-refractivity contribution in [2.24, 2.45) is 0 Å². The highest BCUT2D eigenvalue weighted by Gasteiger charge is 2.21. The zero-order valence-electron chi connectivity index (χ0n) is 44.8. The number of ketones is 1. The van der Waals surface area contributed by atoms with Crippen LogP contribution in [0.5, 0.6) is 0 Å². The summed E-state index contributed by atoms with van der Waals surface area (Å²) in [5, 5.41) is 9.58. The van der Waals surface area contributed by atoms with E-state index < -0.39 is 69.3 Å². The van der Waals surface area contributed by atoms with E-state index in [0.717, 1.165) is 85.3 Å². The third-order valence-electron chi connectivity index (χ3n) is 12.8. The van der Waals surface area contributed by atoms with Crippen molar-refractivity contribution < 1.29 is 45.5 Å². The molecule has 3 N–H and O–H groups in total. The van der Waals surface area contributed by atoms with Gasteiger partial charge in [0.15, 0.2) is 0 Å². The molecule has 0 aliphatic rings. The highest BCUT2D eigenvalue weighted by atomic mass is 32.1. The van der Waals surface area contributed by atoms with Gasteiger partial charge >= 0.3 is 0 Å². The number of carbonyl (C=O) groups is 4. The normalized spacial score (nSPS) is 10.7. The number of hydrogen-bond donors (Lipinski definition) is 3. The van der Waals surface area contributed by atoms with Gasteiger partial charge in [-0.15, -0.1) is 34.0 Å². The maximum Gasteiger partial charge on any atom is 0.261 e. The number of halogens is 6. The van der Waals surface area contributed by atoms with Crippen LogP contribution in [0.25, 0.3) is 31.3 Å². The summed E-state index contributed by atoms with van der Waals surface area (Å²) in [5.41, 5.74) is 7.45. The van der Waals surface area contributed by atoms with Crippen LogP contribution in [-0.4, -0.2) is 33.5 Å². The average Bonchev–Trinajstić information content (AvgIpc) is 4.42. The number of aromatic nitrogens is 2. The molecular formula is C66H47F6N5O4S3. The van der Waals surface area contributed by atoms with Gasteiger partial charge in [-0.2, -0.15) is 0 Å². The summed E-state index contributed by atoms with van der Waals surface area (Å²) < 4.78 is 82.4. The van der Waals surface area contributed by atoms with E-state index in [1.807, 2.05) is 67.9 Å². The number of anilines is 3. The summed E-state index contributed by atoms with van der Waals surface area (Å²) in [5.74, 6) is -7.96. The zero-order valence-corrected chi connectivity index (χ0v) is 47.2. The van der Waals surface area contributed by atoms with Crippen LogP contribution < -0.4 is 16.0 Å². The number of thiophene rings is 3. The fourth-order valence-corrected chi connectivity index (χ4v) is 11.9. The number of hydrogen-bond acceptors (Lipinski definition) is 9. The molecule has 0 bridgehead atoms. The Bertz CT molecular complexity index is 4100. The topological polar surface area (TPSA) is 130 Å². The Kier molecular flexibility index (Phi) is 19.0. The molecule has 420 valence electrons. The van der Waals surface area contributed by atoms with Crippen LogP contribution in [0.3, 0.4) is 0 Å². The minimum absolute atomic E-state index is 0.0942. The first kappa shape index (κ1) is 59.0. The summed E-state index contributed by atoms with van der Waals surface area (Å²) in [6.45, 7) is 6.01. The third-order valence-corrected chi connectivity index (χ3v) is 16.4. The van der Waals surface area contributed by atoms with E-state index in [1.165, 1.54) is 51.7 Å². The van der Waals surface area contributed by atoms with E-state index in [-0.39, 0.29) is 5.78 Å². The number of benzene rings is 6. The highest BCUT2D eigenvalue weighted by Crippen LogP contribution is 2.36. The minimum atomic E-state index is -0.922. The van der Waals surface area contributed by atoms with Crippen LogP contribution in [0, 0.1) is 55.7 Å². The SMILES string of the molecule is Cc1cc(C(=O)c2cccnc2)sc1-c1ccc(NC(=O)c2c(F)cccc2F)cc1.Cc1cc(Cc2cccnc2)sc1-c1ccc(NC(=O)c2c(F)cccc2F)cc1.Cc1ccsc1-c1ccc(NC(=O)c2c(F)cccc2F)cc1. The Labute approximate surface area is 491 Å². The Balaban J connectivity index is 0.000000153. The van der Waals surface area contributed by atoms with Gasteiger partial charge in [0.05, 0.1) is 4.88 Å². The lowest BCUT2D eigenvalue weighted by Crippen LogP contribution is -2.15. The van der Waals surface area contributed by atoms with Crippen molar-refractivity contribution in [3.63, 3.8) is 0 Å². The highest BCUT2D eigenvalue weighted by molar-refractivity contribution is 7.17. The average molecular weight is 1180 g/mol. The first-order valence-electron chi connectivity index (χ1n) is 25.7. The molecule has 18 heteroatoms. The van der Waals surface area contributed by atoms with E-state index in [2.05, 4.69) is 45.0 Å². The first-order valence-corrected chi connectivity index (χ1v) is 28.2. The molecule has 0 atom stereocenters. The summed E-state index contributed by atoms with van der Waals surface area (Å²) in [7, 11) is 0. The van der Waals surface area contributed by atoms with Gasteiger partial charge in [-0.1, -0.05) is 60.7 Å². The largest absolute Gasteiger partial charge is 0.322 e. The summed E-state index contributed by atoms with van der Waals surface area (Å²) in [6, 6.07) is 44.7. The maximum atomic E-state index is 13.8. The van der Waals surface area contributed by atoms with Gasteiger partial charge < -0.3 is 16.0 Å². The molecule has 0 saturated carbocycles.